The molecule has 0 spiro atoms. The predicted molar refractivity (Wildman–Crippen MR) is 98.8 cm³/mol. The number of ether oxygens (including phenoxy) is 3. The molecule has 0 saturated heterocycles. The summed E-state index contributed by atoms with van der Waals surface area (Å²) in [5, 5.41) is 0. The number of hydrogen-bond acceptors (Lipinski definition) is 4. The zero-order chi connectivity index (χ0) is 17.5. The first kappa shape index (κ1) is 20.0. The molecule has 0 unspecified atom stereocenters. The van der Waals surface area contributed by atoms with Gasteiger partial charge in [0, 0.05) is 26.8 Å². The Morgan fingerprint density at radius 1 is 1.26 bits per heavy atom. The average Bonchev–Trinajstić information content (AvgIpc) is 2.44. The third-order valence-electron chi connectivity index (χ3n) is 3.02. The molecule has 1 aromatic rings. The van der Waals surface area contributed by atoms with E-state index in [1.54, 1.807) is 19.1 Å². The molecule has 1 aromatic carbocycles. The Bertz CT molecular complexity index is 514. The van der Waals surface area contributed by atoms with Crippen LogP contribution >= 0.6 is 22.6 Å². The second-order valence-corrected chi connectivity index (χ2v) is 7.38. The summed E-state index contributed by atoms with van der Waals surface area (Å²) in [4.78, 5) is 14.1. The molecule has 5 nitrogen and oxygen atoms in total. The molecule has 1 rings (SSSR count). The number of amides is 1. The molecule has 6 heteroatoms. The third kappa shape index (κ3) is 7.39. The van der Waals surface area contributed by atoms with E-state index in [9.17, 15) is 4.79 Å². The van der Waals surface area contributed by atoms with E-state index >= 15 is 0 Å². The number of benzene rings is 1. The standard InChI is InChI=1S/C17H26INO4/c1-17(2,3)23-16(20)19(9-6-10-21-4)12-13-7-8-15(22-5)14(18)11-13/h7-8,11H,6,9-10,12H2,1-5H3. The van der Waals surface area contributed by atoms with Crippen molar-refractivity contribution in [3.05, 3.63) is 27.3 Å². The van der Waals surface area contributed by atoms with E-state index in [2.05, 4.69) is 22.6 Å². The number of nitrogens with zero attached hydrogens (tertiary/aromatic N) is 1. The van der Waals surface area contributed by atoms with E-state index in [0.717, 1.165) is 21.3 Å². The molecule has 0 bridgehead atoms. The van der Waals surface area contributed by atoms with Crippen molar-refractivity contribution in [1.82, 2.24) is 4.90 Å². The molecule has 1 amide bonds. The van der Waals surface area contributed by atoms with Crippen LogP contribution in [-0.4, -0.2) is 44.0 Å². The average molecular weight is 435 g/mol. The van der Waals surface area contributed by atoms with E-state index in [-0.39, 0.29) is 6.09 Å². The van der Waals surface area contributed by atoms with Gasteiger partial charge in [-0.15, -0.1) is 0 Å². The van der Waals surface area contributed by atoms with Crippen LogP contribution in [0, 0.1) is 3.57 Å². The van der Waals surface area contributed by atoms with Crippen molar-refractivity contribution < 1.29 is 19.0 Å². The highest BCUT2D eigenvalue weighted by molar-refractivity contribution is 14.1. The van der Waals surface area contributed by atoms with Crippen molar-refractivity contribution in [3.63, 3.8) is 0 Å². The van der Waals surface area contributed by atoms with Crippen LogP contribution in [0.4, 0.5) is 4.79 Å². The molecule has 0 heterocycles. The first-order valence-corrected chi connectivity index (χ1v) is 8.64. The first-order chi connectivity index (χ1) is 10.8. The molecule has 0 radical (unpaired) electrons. The van der Waals surface area contributed by atoms with Gasteiger partial charge >= 0.3 is 6.09 Å². The molecule has 0 N–H and O–H groups in total. The fourth-order valence-electron chi connectivity index (χ4n) is 1.99. The van der Waals surface area contributed by atoms with E-state index < -0.39 is 5.60 Å². The van der Waals surface area contributed by atoms with Crippen LogP contribution in [0.15, 0.2) is 18.2 Å². The van der Waals surface area contributed by atoms with Gasteiger partial charge in [-0.25, -0.2) is 4.79 Å². The number of carbonyl (C=O) groups is 1. The van der Waals surface area contributed by atoms with Crippen LogP contribution in [0.1, 0.15) is 32.8 Å². The molecular weight excluding hydrogens is 409 g/mol. The predicted octanol–water partition coefficient (Wildman–Crippen LogP) is 4.07. The summed E-state index contributed by atoms with van der Waals surface area (Å²) >= 11 is 2.23. The van der Waals surface area contributed by atoms with Gasteiger partial charge < -0.3 is 19.1 Å². The van der Waals surface area contributed by atoms with Gasteiger partial charge in [0.15, 0.2) is 0 Å². The Kier molecular flexibility index (Phi) is 8.11. The Hall–Kier alpha value is -1.02. The number of carbonyl (C=O) groups excluding carboxylic acids is 1. The minimum Gasteiger partial charge on any atom is -0.496 e. The largest absolute Gasteiger partial charge is 0.496 e. The van der Waals surface area contributed by atoms with Crippen LogP contribution in [0.2, 0.25) is 0 Å². The highest BCUT2D eigenvalue weighted by Gasteiger charge is 2.22. The normalized spacial score (nSPS) is 11.2. The molecule has 0 atom stereocenters. The Balaban J connectivity index is 2.82. The number of halogens is 1. The molecular formula is C17H26INO4. The number of rotatable bonds is 7. The maximum Gasteiger partial charge on any atom is 0.410 e. The van der Waals surface area contributed by atoms with Gasteiger partial charge in [-0.2, -0.15) is 0 Å². The smallest absolute Gasteiger partial charge is 0.410 e. The van der Waals surface area contributed by atoms with Crippen molar-refractivity contribution in [2.45, 2.75) is 39.3 Å². The molecule has 0 aliphatic rings. The fraction of sp³-hybridized carbons (Fsp3) is 0.588. The highest BCUT2D eigenvalue weighted by atomic mass is 127. The Morgan fingerprint density at radius 3 is 2.48 bits per heavy atom. The summed E-state index contributed by atoms with van der Waals surface area (Å²) < 4.78 is 16.9. The van der Waals surface area contributed by atoms with Crippen molar-refractivity contribution >= 4 is 28.7 Å². The topological polar surface area (TPSA) is 48.0 Å². The van der Waals surface area contributed by atoms with Gasteiger partial charge in [-0.3, -0.25) is 0 Å². The summed E-state index contributed by atoms with van der Waals surface area (Å²) in [5.41, 5.74) is 0.531. The lowest BCUT2D eigenvalue weighted by Gasteiger charge is -2.27. The van der Waals surface area contributed by atoms with Gasteiger partial charge in [0.2, 0.25) is 0 Å². The molecule has 0 fully saturated rings. The van der Waals surface area contributed by atoms with Gasteiger partial charge in [-0.1, -0.05) is 6.07 Å². The maximum absolute atomic E-state index is 12.4. The lowest BCUT2D eigenvalue weighted by atomic mass is 10.2. The van der Waals surface area contributed by atoms with Gasteiger partial charge in [-0.05, 0) is 67.5 Å². The number of methoxy groups -OCH3 is 2. The Labute approximate surface area is 152 Å². The van der Waals surface area contributed by atoms with E-state index in [0.29, 0.717) is 19.7 Å². The molecule has 0 saturated carbocycles. The lowest BCUT2D eigenvalue weighted by molar-refractivity contribution is 0.0218. The minimum absolute atomic E-state index is 0.306. The van der Waals surface area contributed by atoms with Gasteiger partial charge in [0.1, 0.15) is 11.4 Å². The monoisotopic (exact) mass is 435 g/mol. The van der Waals surface area contributed by atoms with Crippen molar-refractivity contribution in [3.8, 4) is 5.75 Å². The third-order valence-corrected chi connectivity index (χ3v) is 3.86. The number of hydrogen-bond donors (Lipinski definition) is 0. The molecule has 23 heavy (non-hydrogen) atoms. The summed E-state index contributed by atoms with van der Waals surface area (Å²) in [6.07, 6.45) is 0.461. The molecule has 130 valence electrons. The first-order valence-electron chi connectivity index (χ1n) is 7.56. The van der Waals surface area contributed by atoms with Crippen LogP contribution in [-0.2, 0) is 16.0 Å². The van der Waals surface area contributed by atoms with Gasteiger partial charge in [0.25, 0.3) is 0 Å². The van der Waals surface area contributed by atoms with Crippen molar-refractivity contribution in [2.75, 3.05) is 27.4 Å². The maximum atomic E-state index is 12.4. The lowest BCUT2D eigenvalue weighted by Crippen LogP contribution is -2.37. The summed E-state index contributed by atoms with van der Waals surface area (Å²) in [6, 6.07) is 5.90. The van der Waals surface area contributed by atoms with E-state index in [1.165, 1.54) is 0 Å². The highest BCUT2D eigenvalue weighted by Crippen LogP contribution is 2.23. The van der Waals surface area contributed by atoms with Crippen LogP contribution < -0.4 is 4.74 Å². The van der Waals surface area contributed by atoms with Gasteiger partial charge in [0.05, 0.1) is 10.7 Å². The van der Waals surface area contributed by atoms with Crippen LogP contribution in [0.5, 0.6) is 5.75 Å². The summed E-state index contributed by atoms with van der Waals surface area (Å²) in [5.74, 6) is 0.831. The van der Waals surface area contributed by atoms with E-state index in [4.69, 9.17) is 14.2 Å². The SMILES string of the molecule is COCCCN(Cc1ccc(OC)c(I)c1)C(=O)OC(C)(C)C. The van der Waals surface area contributed by atoms with E-state index in [1.807, 2.05) is 39.0 Å². The van der Waals surface area contributed by atoms with Crippen molar-refractivity contribution in [2.24, 2.45) is 0 Å². The quantitative estimate of drug-likeness (QED) is 0.479. The van der Waals surface area contributed by atoms with Crippen LogP contribution in [0.3, 0.4) is 0 Å². The molecule has 0 aromatic heterocycles. The summed E-state index contributed by atoms with van der Waals surface area (Å²) in [7, 11) is 3.30. The minimum atomic E-state index is -0.509. The zero-order valence-corrected chi connectivity index (χ0v) is 16.7. The second-order valence-electron chi connectivity index (χ2n) is 6.22. The fourth-order valence-corrected chi connectivity index (χ4v) is 2.79. The molecule has 0 aliphatic heterocycles. The van der Waals surface area contributed by atoms with Crippen molar-refractivity contribution in [1.29, 1.82) is 0 Å². The Morgan fingerprint density at radius 2 is 1.96 bits per heavy atom. The molecule has 0 aliphatic carbocycles. The van der Waals surface area contributed by atoms with Crippen LogP contribution in [0.25, 0.3) is 0 Å². The summed E-state index contributed by atoms with van der Waals surface area (Å²) in [6.45, 7) is 7.31. The zero-order valence-electron chi connectivity index (χ0n) is 14.5. The second kappa shape index (κ2) is 9.32.